The molecular formula is C17H18BrFN2O3. The number of amides is 1. The molecule has 0 fully saturated rings. The molecule has 0 saturated carbocycles. The second-order valence-electron chi connectivity index (χ2n) is 5.26. The Labute approximate surface area is 147 Å². The van der Waals surface area contributed by atoms with Crippen molar-refractivity contribution in [1.29, 1.82) is 0 Å². The second kappa shape index (κ2) is 8.34. The molecule has 1 amide bonds. The van der Waals surface area contributed by atoms with Gasteiger partial charge in [-0.05, 0) is 29.8 Å². The first-order valence-electron chi connectivity index (χ1n) is 7.34. The Bertz CT molecular complexity index is 675. The van der Waals surface area contributed by atoms with E-state index in [1.54, 1.807) is 36.4 Å². The molecule has 0 saturated heterocycles. The zero-order chi connectivity index (χ0) is 17.6. The second-order valence-corrected chi connectivity index (χ2v) is 6.17. The van der Waals surface area contributed by atoms with Gasteiger partial charge < -0.3 is 15.5 Å². The van der Waals surface area contributed by atoms with Crippen molar-refractivity contribution in [3.05, 3.63) is 69.9 Å². The molecule has 2 aromatic rings. The van der Waals surface area contributed by atoms with Crippen LogP contribution in [0.15, 0.2) is 53.0 Å². The van der Waals surface area contributed by atoms with E-state index in [1.165, 1.54) is 12.1 Å². The molecule has 0 atom stereocenters. The molecule has 7 heteroatoms. The first-order valence-corrected chi connectivity index (χ1v) is 8.13. The Balaban J connectivity index is 1.75. The minimum absolute atomic E-state index is 0.0700. The maximum absolute atomic E-state index is 12.8. The zero-order valence-electron chi connectivity index (χ0n) is 12.8. The third-order valence-corrected chi connectivity index (χ3v) is 3.90. The van der Waals surface area contributed by atoms with Crippen molar-refractivity contribution in [2.45, 2.75) is 18.9 Å². The molecule has 0 bridgehead atoms. The summed E-state index contributed by atoms with van der Waals surface area (Å²) in [6, 6.07) is 12.3. The third kappa shape index (κ3) is 5.68. The molecule has 0 heterocycles. The first-order chi connectivity index (χ1) is 11.4. The molecule has 0 aromatic heterocycles. The number of carbonyl (C=O) groups is 1. The molecule has 0 aliphatic heterocycles. The summed E-state index contributed by atoms with van der Waals surface area (Å²) < 4.78 is 13.6. The van der Waals surface area contributed by atoms with Gasteiger partial charge in [0.05, 0.1) is 0 Å². The van der Waals surface area contributed by atoms with Crippen LogP contribution < -0.4 is 10.6 Å². The predicted molar refractivity (Wildman–Crippen MR) is 91.1 cm³/mol. The van der Waals surface area contributed by atoms with Gasteiger partial charge in [-0.1, -0.05) is 40.2 Å². The highest BCUT2D eigenvalue weighted by atomic mass is 79.9. The summed E-state index contributed by atoms with van der Waals surface area (Å²) in [5.41, 5.74) is 1.06. The Morgan fingerprint density at radius 3 is 2.33 bits per heavy atom. The smallest absolute Gasteiger partial charge is 0.250 e. The molecule has 2 rings (SSSR count). The lowest BCUT2D eigenvalue weighted by Gasteiger charge is -2.23. The van der Waals surface area contributed by atoms with Gasteiger partial charge in [0.25, 0.3) is 5.91 Å². The molecule has 0 aliphatic rings. The largest absolute Gasteiger partial charge is 0.352 e. The SMILES string of the molecule is O=C(CCNC(O)(O)c1ccc(Br)cc1)NCc1ccc(F)cc1. The van der Waals surface area contributed by atoms with Crippen molar-refractivity contribution < 1.29 is 19.4 Å². The summed E-state index contributed by atoms with van der Waals surface area (Å²) in [4.78, 5) is 11.8. The van der Waals surface area contributed by atoms with Crippen LogP contribution in [-0.4, -0.2) is 22.7 Å². The number of hydrogen-bond acceptors (Lipinski definition) is 4. The van der Waals surface area contributed by atoms with E-state index in [9.17, 15) is 19.4 Å². The lowest BCUT2D eigenvalue weighted by molar-refractivity contribution is -0.194. The average molecular weight is 397 g/mol. The van der Waals surface area contributed by atoms with E-state index in [1.807, 2.05) is 0 Å². The van der Waals surface area contributed by atoms with Crippen LogP contribution in [0.4, 0.5) is 4.39 Å². The van der Waals surface area contributed by atoms with Crippen LogP contribution in [0.25, 0.3) is 0 Å². The number of carbonyl (C=O) groups excluding carboxylic acids is 1. The lowest BCUT2D eigenvalue weighted by atomic mass is 10.1. The van der Waals surface area contributed by atoms with Gasteiger partial charge in [0, 0.05) is 29.5 Å². The van der Waals surface area contributed by atoms with Crippen LogP contribution in [-0.2, 0) is 17.3 Å². The summed E-state index contributed by atoms with van der Waals surface area (Å²) in [6.07, 6.45) is 0.0700. The van der Waals surface area contributed by atoms with Gasteiger partial charge in [0.1, 0.15) is 5.82 Å². The number of rotatable bonds is 7. The molecule has 4 N–H and O–H groups in total. The monoisotopic (exact) mass is 396 g/mol. The highest BCUT2D eigenvalue weighted by Gasteiger charge is 2.24. The van der Waals surface area contributed by atoms with Gasteiger partial charge in [0.2, 0.25) is 5.91 Å². The van der Waals surface area contributed by atoms with Crippen molar-refractivity contribution >= 4 is 21.8 Å². The van der Waals surface area contributed by atoms with Crippen LogP contribution in [0.2, 0.25) is 0 Å². The number of nitrogens with one attached hydrogen (secondary N) is 2. The maximum atomic E-state index is 12.8. The lowest BCUT2D eigenvalue weighted by Crippen LogP contribution is -2.43. The Kier molecular flexibility index (Phi) is 6.44. The van der Waals surface area contributed by atoms with Gasteiger partial charge in [-0.15, -0.1) is 0 Å². The first kappa shape index (κ1) is 18.5. The molecule has 128 valence electrons. The number of benzene rings is 2. The van der Waals surface area contributed by atoms with E-state index in [4.69, 9.17) is 0 Å². The van der Waals surface area contributed by atoms with Crippen LogP contribution >= 0.6 is 15.9 Å². The standard InChI is InChI=1S/C17H18BrFN2O3/c18-14-5-3-13(4-6-14)17(23,24)21-10-9-16(22)20-11-12-1-7-15(19)8-2-12/h1-8,21,23-24H,9-11H2,(H,20,22). The average Bonchev–Trinajstić information content (AvgIpc) is 2.54. The van der Waals surface area contributed by atoms with Crippen molar-refractivity contribution in [3.8, 4) is 0 Å². The van der Waals surface area contributed by atoms with Gasteiger partial charge in [-0.25, -0.2) is 4.39 Å². The molecule has 0 spiro atoms. The fourth-order valence-electron chi connectivity index (χ4n) is 2.03. The summed E-state index contributed by atoms with van der Waals surface area (Å²) >= 11 is 3.27. The van der Waals surface area contributed by atoms with E-state index in [0.717, 1.165) is 10.0 Å². The van der Waals surface area contributed by atoms with Gasteiger partial charge in [-0.3, -0.25) is 10.1 Å². The van der Waals surface area contributed by atoms with Crippen molar-refractivity contribution in [1.82, 2.24) is 10.6 Å². The van der Waals surface area contributed by atoms with Crippen molar-refractivity contribution in [2.75, 3.05) is 6.54 Å². The molecule has 0 unspecified atom stereocenters. The van der Waals surface area contributed by atoms with Crippen LogP contribution in [0.3, 0.4) is 0 Å². The number of hydrogen-bond donors (Lipinski definition) is 4. The molecule has 5 nitrogen and oxygen atoms in total. The van der Waals surface area contributed by atoms with Crippen LogP contribution in [0.5, 0.6) is 0 Å². The van der Waals surface area contributed by atoms with E-state index in [2.05, 4.69) is 26.6 Å². The molecule has 0 aliphatic carbocycles. The van der Waals surface area contributed by atoms with Crippen molar-refractivity contribution in [3.63, 3.8) is 0 Å². The maximum Gasteiger partial charge on any atom is 0.250 e. The third-order valence-electron chi connectivity index (χ3n) is 3.37. The Hall–Kier alpha value is -1.80. The highest BCUT2D eigenvalue weighted by Crippen LogP contribution is 2.18. The summed E-state index contributed by atoms with van der Waals surface area (Å²) in [6.45, 7) is 0.369. The molecule has 2 aromatic carbocycles. The molecular weight excluding hydrogens is 379 g/mol. The minimum atomic E-state index is -2.21. The van der Waals surface area contributed by atoms with Crippen LogP contribution in [0, 0.1) is 5.82 Å². The van der Waals surface area contributed by atoms with E-state index >= 15 is 0 Å². The fraction of sp³-hybridized carbons (Fsp3) is 0.235. The predicted octanol–water partition coefficient (Wildman–Crippen LogP) is 1.98. The van der Waals surface area contributed by atoms with Gasteiger partial charge >= 0.3 is 0 Å². The van der Waals surface area contributed by atoms with E-state index < -0.39 is 5.91 Å². The molecule has 24 heavy (non-hydrogen) atoms. The van der Waals surface area contributed by atoms with Gasteiger partial charge in [-0.2, -0.15) is 0 Å². The normalized spacial score (nSPS) is 11.3. The van der Waals surface area contributed by atoms with Gasteiger partial charge in [0.15, 0.2) is 0 Å². The summed E-state index contributed by atoms with van der Waals surface area (Å²) in [5, 5.41) is 25.2. The zero-order valence-corrected chi connectivity index (χ0v) is 14.4. The Morgan fingerprint density at radius 2 is 1.71 bits per heavy atom. The van der Waals surface area contributed by atoms with Crippen molar-refractivity contribution in [2.24, 2.45) is 0 Å². The minimum Gasteiger partial charge on any atom is -0.352 e. The highest BCUT2D eigenvalue weighted by molar-refractivity contribution is 9.10. The Morgan fingerprint density at radius 1 is 1.08 bits per heavy atom. The van der Waals surface area contributed by atoms with E-state index in [-0.39, 0.29) is 36.8 Å². The van der Waals surface area contributed by atoms with Crippen LogP contribution in [0.1, 0.15) is 17.5 Å². The number of aliphatic hydroxyl groups is 2. The number of halogens is 2. The topological polar surface area (TPSA) is 81.6 Å². The van der Waals surface area contributed by atoms with E-state index in [0.29, 0.717) is 0 Å². The molecule has 0 radical (unpaired) electrons. The summed E-state index contributed by atoms with van der Waals surface area (Å²) in [7, 11) is 0. The fourth-order valence-corrected chi connectivity index (χ4v) is 2.29. The summed E-state index contributed by atoms with van der Waals surface area (Å²) in [5.74, 6) is -2.79. The quantitative estimate of drug-likeness (QED) is 0.539.